The summed E-state index contributed by atoms with van der Waals surface area (Å²) < 4.78 is 0. The van der Waals surface area contributed by atoms with Crippen molar-refractivity contribution in [1.82, 2.24) is 0 Å². The van der Waals surface area contributed by atoms with Crippen LogP contribution in [0.3, 0.4) is 0 Å². The number of primary amides is 2. The van der Waals surface area contributed by atoms with Crippen LogP contribution in [-0.4, -0.2) is 18.6 Å². The molecule has 0 bridgehead atoms. The predicted molar refractivity (Wildman–Crippen MR) is 62.3 cm³/mol. The summed E-state index contributed by atoms with van der Waals surface area (Å²) in [5.41, 5.74) is 9.76. The van der Waals surface area contributed by atoms with E-state index in [1.165, 1.54) is 5.57 Å². The first kappa shape index (κ1) is 16.8. The zero-order valence-corrected chi connectivity index (χ0v) is 10.0. The van der Waals surface area contributed by atoms with Gasteiger partial charge in [-0.25, -0.2) is 0 Å². The van der Waals surface area contributed by atoms with E-state index < -0.39 is 0 Å². The SMILES string of the molecule is CC1=CC(=O)CC(C)(C)C1.NC=O.NC=O. The monoisotopic (exact) mass is 228 g/mol. The van der Waals surface area contributed by atoms with Gasteiger partial charge in [0, 0.05) is 6.42 Å². The van der Waals surface area contributed by atoms with Crippen LogP contribution in [0.1, 0.15) is 33.6 Å². The molecule has 0 aromatic heterocycles. The normalized spacial score (nSPS) is 16.7. The van der Waals surface area contributed by atoms with Crippen LogP contribution < -0.4 is 11.5 Å². The van der Waals surface area contributed by atoms with Crippen LogP contribution in [0, 0.1) is 5.41 Å². The van der Waals surface area contributed by atoms with E-state index in [0.29, 0.717) is 6.42 Å². The fraction of sp³-hybridized carbons (Fsp3) is 0.545. The van der Waals surface area contributed by atoms with E-state index in [1.807, 2.05) is 6.92 Å². The molecule has 0 aliphatic heterocycles. The molecule has 0 aromatic carbocycles. The topological polar surface area (TPSA) is 103 Å². The molecule has 0 heterocycles. The third kappa shape index (κ3) is 10.4. The number of rotatable bonds is 0. The van der Waals surface area contributed by atoms with Crippen molar-refractivity contribution in [2.45, 2.75) is 33.6 Å². The fourth-order valence-electron chi connectivity index (χ4n) is 1.67. The Balaban J connectivity index is 0. The number of allylic oxidation sites excluding steroid dienone is 2. The number of carbonyl (C=O) groups is 3. The van der Waals surface area contributed by atoms with Gasteiger partial charge in [0.15, 0.2) is 5.78 Å². The molecular weight excluding hydrogens is 208 g/mol. The first-order chi connectivity index (χ1) is 7.32. The molecular formula is C11H20N2O3. The molecule has 5 nitrogen and oxygen atoms in total. The average Bonchev–Trinajstić information content (AvgIpc) is 2.00. The summed E-state index contributed by atoms with van der Waals surface area (Å²) in [7, 11) is 0. The second-order valence-electron chi connectivity index (χ2n) is 4.25. The van der Waals surface area contributed by atoms with E-state index in [-0.39, 0.29) is 24.0 Å². The molecule has 0 spiro atoms. The maximum atomic E-state index is 11.0. The Morgan fingerprint density at radius 3 is 1.81 bits per heavy atom. The number of ketones is 1. The van der Waals surface area contributed by atoms with Crippen LogP contribution >= 0.6 is 0 Å². The Morgan fingerprint density at radius 2 is 1.56 bits per heavy atom. The van der Waals surface area contributed by atoms with Gasteiger partial charge in [0.25, 0.3) is 0 Å². The summed E-state index contributed by atoms with van der Waals surface area (Å²) >= 11 is 0. The van der Waals surface area contributed by atoms with Crippen molar-refractivity contribution in [2.24, 2.45) is 16.9 Å². The quantitative estimate of drug-likeness (QED) is 0.591. The molecule has 2 amide bonds. The molecule has 0 fully saturated rings. The molecule has 1 aliphatic rings. The van der Waals surface area contributed by atoms with E-state index >= 15 is 0 Å². The van der Waals surface area contributed by atoms with Crippen molar-refractivity contribution in [3.8, 4) is 0 Å². The van der Waals surface area contributed by atoms with Crippen LogP contribution in [0.5, 0.6) is 0 Å². The molecule has 0 saturated heterocycles. The van der Waals surface area contributed by atoms with E-state index in [4.69, 9.17) is 9.59 Å². The molecule has 4 N–H and O–H groups in total. The summed E-state index contributed by atoms with van der Waals surface area (Å²) in [4.78, 5) is 28.2. The lowest BCUT2D eigenvalue weighted by Crippen LogP contribution is -2.20. The lowest BCUT2D eigenvalue weighted by Gasteiger charge is -2.27. The molecule has 1 rings (SSSR count). The molecule has 1 aliphatic carbocycles. The molecule has 0 aromatic rings. The second kappa shape index (κ2) is 8.64. The standard InChI is InChI=1S/C9H14O.2CH3NO/c1-7-4-8(10)6-9(2,3)5-7;2*2-1-3/h4H,5-6H2,1-3H3;2*1H,(H2,2,3). The largest absolute Gasteiger partial charge is 0.372 e. The van der Waals surface area contributed by atoms with E-state index in [2.05, 4.69) is 25.3 Å². The second-order valence-corrected chi connectivity index (χ2v) is 4.25. The molecule has 92 valence electrons. The van der Waals surface area contributed by atoms with Gasteiger partial charge in [-0.15, -0.1) is 0 Å². The van der Waals surface area contributed by atoms with E-state index in [1.54, 1.807) is 6.08 Å². The summed E-state index contributed by atoms with van der Waals surface area (Å²) in [6.45, 7) is 6.31. The summed E-state index contributed by atoms with van der Waals surface area (Å²) in [5.74, 6) is 0.286. The number of nitrogens with two attached hydrogens (primary N) is 2. The third-order valence-electron chi connectivity index (χ3n) is 1.82. The maximum Gasteiger partial charge on any atom is 0.204 e. The molecule has 0 atom stereocenters. The van der Waals surface area contributed by atoms with Crippen molar-refractivity contribution in [3.63, 3.8) is 0 Å². The lowest BCUT2D eigenvalue weighted by atomic mass is 9.77. The highest BCUT2D eigenvalue weighted by atomic mass is 16.1. The molecule has 5 heteroatoms. The summed E-state index contributed by atoms with van der Waals surface area (Å²) in [6, 6.07) is 0. The van der Waals surface area contributed by atoms with Gasteiger partial charge >= 0.3 is 0 Å². The average molecular weight is 228 g/mol. The van der Waals surface area contributed by atoms with Gasteiger partial charge in [-0.1, -0.05) is 19.4 Å². The van der Waals surface area contributed by atoms with Gasteiger partial charge in [0.05, 0.1) is 0 Å². The first-order valence-electron chi connectivity index (χ1n) is 4.83. The van der Waals surface area contributed by atoms with E-state index in [9.17, 15) is 4.79 Å². The van der Waals surface area contributed by atoms with Gasteiger partial charge in [0.2, 0.25) is 12.8 Å². The maximum absolute atomic E-state index is 11.0. The number of amides is 2. The van der Waals surface area contributed by atoms with Gasteiger partial charge in [0.1, 0.15) is 0 Å². The lowest BCUT2D eigenvalue weighted by molar-refractivity contribution is -0.117. The van der Waals surface area contributed by atoms with Crippen molar-refractivity contribution in [3.05, 3.63) is 11.6 Å². The Kier molecular flexibility index (Phi) is 9.06. The van der Waals surface area contributed by atoms with Gasteiger partial charge in [-0.05, 0) is 24.8 Å². The van der Waals surface area contributed by atoms with Gasteiger partial charge < -0.3 is 11.5 Å². The van der Waals surface area contributed by atoms with Crippen LogP contribution in [0.2, 0.25) is 0 Å². The molecule has 0 unspecified atom stereocenters. The van der Waals surface area contributed by atoms with Crippen LogP contribution in [-0.2, 0) is 14.4 Å². The predicted octanol–water partition coefficient (Wildman–Crippen LogP) is 0.525. The van der Waals surface area contributed by atoms with Crippen molar-refractivity contribution in [1.29, 1.82) is 0 Å². The summed E-state index contributed by atoms with van der Waals surface area (Å²) in [6.07, 6.45) is 4.05. The van der Waals surface area contributed by atoms with Gasteiger partial charge in [-0.3, -0.25) is 14.4 Å². The van der Waals surface area contributed by atoms with Crippen molar-refractivity contribution in [2.75, 3.05) is 0 Å². The minimum atomic E-state index is 0.204. The zero-order valence-electron chi connectivity index (χ0n) is 10.0. The number of carbonyl (C=O) groups excluding carboxylic acids is 3. The van der Waals surface area contributed by atoms with Gasteiger partial charge in [-0.2, -0.15) is 0 Å². The molecule has 0 saturated carbocycles. The number of hydrogen-bond acceptors (Lipinski definition) is 3. The van der Waals surface area contributed by atoms with Crippen molar-refractivity contribution >= 4 is 18.6 Å². The van der Waals surface area contributed by atoms with Crippen LogP contribution in [0.4, 0.5) is 0 Å². The minimum absolute atomic E-state index is 0.204. The Bertz CT molecular complexity index is 264. The highest BCUT2D eigenvalue weighted by Gasteiger charge is 2.25. The number of hydrogen-bond donors (Lipinski definition) is 2. The fourth-order valence-corrected chi connectivity index (χ4v) is 1.67. The Labute approximate surface area is 95.9 Å². The first-order valence-corrected chi connectivity index (χ1v) is 4.83. The highest BCUT2D eigenvalue weighted by molar-refractivity contribution is 5.91. The zero-order chi connectivity index (χ0) is 13.2. The summed E-state index contributed by atoms with van der Waals surface area (Å²) in [5, 5.41) is 0. The minimum Gasteiger partial charge on any atom is -0.372 e. The molecule has 0 radical (unpaired) electrons. The van der Waals surface area contributed by atoms with E-state index in [0.717, 1.165) is 6.42 Å². The smallest absolute Gasteiger partial charge is 0.204 e. The third-order valence-corrected chi connectivity index (χ3v) is 1.82. The van der Waals surface area contributed by atoms with Crippen LogP contribution in [0.15, 0.2) is 11.6 Å². The highest BCUT2D eigenvalue weighted by Crippen LogP contribution is 2.32. The van der Waals surface area contributed by atoms with Crippen molar-refractivity contribution < 1.29 is 14.4 Å². The Hall–Kier alpha value is -1.65. The molecule has 16 heavy (non-hydrogen) atoms. The Morgan fingerprint density at radius 1 is 1.19 bits per heavy atom. The van der Waals surface area contributed by atoms with Crippen LogP contribution in [0.25, 0.3) is 0 Å².